The number of hydrogen-bond acceptors (Lipinski definition) is 15. The highest BCUT2D eigenvalue weighted by Gasteiger charge is 2.44. The van der Waals surface area contributed by atoms with E-state index in [1.165, 1.54) is 35.3 Å². The molecule has 1 fully saturated rings. The van der Waals surface area contributed by atoms with Gasteiger partial charge in [0.25, 0.3) is 8.32 Å². The van der Waals surface area contributed by atoms with Crippen LogP contribution < -0.4 is 14.6 Å². The summed E-state index contributed by atoms with van der Waals surface area (Å²) in [5, 5.41) is 33.3. The Morgan fingerprint density at radius 3 is 1.88 bits per heavy atom. The van der Waals surface area contributed by atoms with Crippen molar-refractivity contribution in [1.29, 1.82) is 0 Å². The number of benzene rings is 2. The largest absolute Gasteiger partial charge is 0.543 e. The van der Waals surface area contributed by atoms with Gasteiger partial charge in [0.1, 0.15) is 52.6 Å². The fraction of sp³-hybridized carbons (Fsp3) is 0.554. The second-order valence-electron chi connectivity index (χ2n) is 21.8. The number of anilines is 2. The maximum atomic E-state index is 14.0. The first-order valence-electron chi connectivity index (χ1n) is 25.2. The van der Waals surface area contributed by atoms with Gasteiger partial charge >= 0.3 is 18.0 Å². The van der Waals surface area contributed by atoms with Crippen LogP contribution in [0.4, 0.5) is 16.2 Å². The highest BCUT2D eigenvalue weighted by atomic mass is 28.4. The van der Waals surface area contributed by atoms with Gasteiger partial charge in [0.05, 0.1) is 17.9 Å². The molecule has 8 atom stereocenters. The lowest BCUT2D eigenvalue weighted by molar-refractivity contribution is -0.152. The van der Waals surface area contributed by atoms with E-state index in [0.29, 0.717) is 47.8 Å². The van der Waals surface area contributed by atoms with Gasteiger partial charge in [0.2, 0.25) is 0 Å². The van der Waals surface area contributed by atoms with Crippen molar-refractivity contribution in [2.24, 2.45) is 11.8 Å². The highest BCUT2D eigenvalue weighted by molar-refractivity contribution is 6.74. The number of aromatic hydroxyl groups is 1. The number of carbonyl (C=O) groups is 5. The van der Waals surface area contributed by atoms with Crippen LogP contribution in [0.1, 0.15) is 142 Å². The van der Waals surface area contributed by atoms with Crippen molar-refractivity contribution in [2.75, 3.05) is 23.3 Å². The van der Waals surface area contributed by atoms with Gasteiger partial charge in [-0.25, -0.2) is 14.4 Å². The summed E-state index contributed by atoms with van der Waals surface area (Å²) in [7, 11) is -2.48. The molecule has 0 saturated carbocycles. The van der Waals surface area contributed by atoms with Gasteiger partial charge in [-0.2, -0.15) is 0 Å². The molecule has 402 valence electrons. The van der Waals surface area contributed by atoms with Gasteiger partial charge in [-0.3, -0.25) is 14.5 Å². The Hall–Kier alpha value is -5.59. The number of nitrogens with zero attached hydrogens (tertiary/aromatic N) is 1. The molecule has 4 N–H and O–H groups in total. The molecule has 0 aromatic heterocycles. The number of fused-ring (bicyclic) bond motifs is 3. The van der Waals surface area contributed by atoms with Crippen LogP contribution in [0.3, 0.4) is 0 Å². The fourth-order valence-electron chi connectivity index (χ4n) is 7.58. The van der Waals surface area contributed by atoms with Crippen molar-refractivity contribution in [3.8, 4) is 11.5 Å². The minimum absolute atomic E-state index is 0.00656. The zero-order valence-electron chi connectivity index (χ0n) is 45.7. The van der Waals surface area contributed by atoms with Gasteiger partial charge in [-0.05, 0) is 129 Å². The summed E-state index contributed by atoms with van der Waals surface area (Å²) in [5.41, 5.74) is 1.66. The molecule has 16 nitrogen and oxygen atoms in total. The number of hydrogen-bond donors (Lipinski definition) is 4. The third kappa shape index (κ3) is 16.2. The molecule has 0 spiro atoms. The van der Waals surface area contributed by atoms with E-state index in [1.54, 1.807) is 71.0 Å². The first-order valence-corrected chi connectivity index (χ1v) is 28.1. The van der Waals surface area contributed by atoms with Crippen molar-refractivity contribution in [3.63, 3.8) is 0 Å². The van der Waals surface area contributed by atoms with Crippen LogP contribution in [0.25, 0.3) is 12.2 Å². The summed E-state index contributed by atoms with van der Waals surface area (Å²) in [6, 6.07) is 6.65. The molecular weight excluding hydrogens is 953 g/mol. The molecular formula is C56H80N2O14Si. The summed E-state index contributed by atoms with van der Waals surface area (Å²) >= 11 is 0. The predicted octanol–water partition coefficient (Wildman–Crippen LogP) is 10.3. The number of aliphatic hydroxyl groups excluding tert-OH is 2. The van der Waals surface area contributed by atoms with Crippen LogP contribution in [-0.4, -0.2) is 114 Å². The molecule has 0 bridgehead atoms. The summed E-state index contributed by atoms with van der Waals surface area (Å²) in [5.74, 6) is -3.43. The zero-order chi connectivity index (χ0) is 55.0. The lowest BCUT2D eigenvalue weighted by Crippen LogP contribution is -2.44. The maximum Gasteiger partial charge on any atom is 0.414 e. The summed E-state index contributed by atoms with van der Waals surface area (Å²) < 4.78 is 36.1. The Labute approximate surface area is 432 Å². The first kappa shape index (κ1) is 60.0. The Kier molecular flexibility index (Phi) is 20.2. The Morgan fingerprint density at radius 1 is 0.781 bits per heavy atom. The molecule has 1 amide bonds. The van der Waals surface area contributed by atoms with Crippen LogP contribution in [0.5, 0.6) is 11.5 Å². The lowest BCUT2D eigenvalue weighted by atomic mass is 9.99. The van der Waals surface area contributed by atoms with Crippen LogP contribution in [0, 0.1) is 11.8 Å². The number of nitrogens with one attached hydrogen (secondary N) is 1. The summed E-state index contributed by atoms with van der Waals surface area (Å²) in [4.78, 5) is 66.7. The summed E-state index contributed by atoms with van der Waals surface area (Å²) in [6.45, 7) is 31.4. The van der Waals surface area contributed by atoms with Gasteiger partial charge in [0.15, 0.2) is 17.4 Å². The molecule has 73 heavy (non-hydrogen) atoms. The molecule has 0 radical (unpaired) electrons. The van der Waals surface area contributed by atoms with Gasteiger partial charge in [-0.1, -0.05) is 71.1 Å². The standard InChI is InChI=1S/C35H53NO8Si.C21H27NO6/c1-14-36(32(39)43-33(4,5)6)25-20-24-16-15-17-27-30(42-35(10,11)41-27)26(37)19-18-22(2)23(3)40-31(38)29(24)28(21-25)44-45(12,13)34(7,8)9;1-4-22-15-10-14-6-5-7-16(23)20(26)17(24)9-8-12(2)13(3)28-21(27)19(14)18(25)11-15/h15-16,18-23,27,30H,14,17H2,1-13H3;5-6,8-13,16,20,22-23,25-26H,4,7H2,1-3H3/b16-15+,19-18-;6-5+,9-8-/t22-,23+,27+,30-;12-,13+,16+,20+/m11/s1. The SMILES string of the molecule is CCN(C(=O)OC(C)(C)C)c1cc2c(c(O[Si](C)(C)C(C)(C)C)c1)C(=O)O[C@@H](C)[C@H](C)/C=C\C(=O)[C@H]1OC(C)(C)O[C@H]1C/C=C/2.CCNc1cc(O)c2c(c1)/C=C/C[C@H](O)[C@H](O)C(=O)/C=C\[C@@H](C)[C@H](C)OC2=O. The van der Waals surface area contributed by atoms with E-state index >= 15 is 0 Å². The first-order chi connectivity index (χ1) is 33.8. The molecule has 3 aliphatic heterocycles. The molecule has 17 heteroatoms. The topological polar surface area (TPSA) is 217 Å². The monoisotopic (exact) mass is 1030 g/mol. The maximum absolute atomic E-state index is 14.0. The lowest BCUT2D eigenvalue weighted by Gasteiger charge is -2.37. The minimum atomic E-state index is -2.48. The Balaban J connectivity index is 0.000000353. The molecule has 3 aliphatic rings. The Bertz CT molecular complexity index is 2440. The third-order valence-corrected chi connectivity index (χ3v) is 17.5. The van der Waals surface area contributed by atoms with Crippen molar-refractivity contribution in [1.82, 2.24) is 0 Å². The van der Waals surface area contributed by atoms with E-state index < -0.39 is 80.1 Å². The number of carbonyl (C=O) groups excluding carboxylic acids is 5. The quantitative estimate of drug-likeness (QED) is 0.120. The van der Waals surface area contributed by atoms with E-state index in [0.717, 1.165) is 0 Å². The smallest absolute Gasteiger partial charge is 0.414 e. The van der Waals surface area contributed by atoms with E-state index in [-0.39, 0.29) is 46.0 Å². The normalized spacial score (nSPS) is 26.8. The molecule has 3 heterocycles. The van der Waals surface area contributed by atoms with Gasteiger partial charge in [-0.15, -0.1) is 0 Å². The van der Waals surface area contributed by atoms with Crippen LogP contribution in [0.15, 0.2) is 60.7 Å². The second-order valence-corrected chi connectivity index (χ2v) is 26.6. The summed E-state index contributed by atoms with van der Waals surface area (Å²) in [6.07, 6.45) is 7.24. The van der Waals surface area contributed by atoms with Crippen LogP contribution >= 0.6 is 0 Å². The van der Waals surface area contributed by atoms with E-state index in [4.69, 9.17) is 28.1 Å². The minimum Gasteiger partial charge on any atom is -0.543 e. The predicted molar refractivity (Wildman–Crippen MR) is 285 cm³/mol. The molecule has 0 aliphatic carbocycles. The average molecular weight is 1030 g/mol. The van der Waals surface area contributed by atoms with Crippen molar-refractivity contribution in [2.45, 2.75) is 176 Å². The number of phenols is 1. The second kappa shape index (κ2) is 24.6. The number of amides is 1. The number of cyclic esters (lactones) is 2. The third-order valence-electron chi connectivity index (χ3n) is 13.1. The number of aliphatic hydroxyl groups is 2. The van der Waals surface area contributed by atoms with Crippen molar-refractivity contribution >= 4 is 61.4 Å². The number of phenolic OH excluding ortho intramolecular Hbond substituents is 1. The zero-order valence-corrected chi connectivity index (χ0v) is 46.7. The highest BCUT2D eigenvalue weighted by Crippen LogP contribution is 2.42. The molecule has 2 aromatic carbocycles. The van der Waals surface area contributed by atoms with Gasteiger partial charge < -0.3 is 48.7 Å². The van der Waals surface area contributed by atoms with E-state index in [1.807, 2.05) is 47.6 Å². The fourth-order valence-corrected chi connectivity index (χ4v) is 8.60. The van der Waals surface area contributed by atoms with Crippen LogP contribution in [0.2, 0.25) is 18.1 Å². The Morgan fingerprint density at radius 2 is 1.33 bits per heavy atom. The molecule has 5 rings (SSSR count). The number of ketones is 2. The number of rotatable bonds is 6. The van der Waals surface area contributed by atoms with Crippen LogP contribution in [-0.2, 0) is 33.3 Å². The average Bonchev–Trinajstić information content (AvgIpc) is 3.58. The molecule has 1 saturated heterocycles. The van der Waals surface area contributed by atoms with E-state index in [9.17, 15) is 39.3 Å². The molecule has 0 unspecified atom stereocenters. The van der Waals surface area contributed by atoms with E-state index in [2.05, 4.69) is 39.2 Å². The number of esters is 2. The van der Waals surface area contributed by atoms with Gasteiger partial charge in [0, 0.05) is 42.7 Å². The molecule has 2 aromatic rings. The number of ether oxygens (including phenoxy) is 5. The van der Waals surface area contributed by atoms with Crippen molar-refractivity contribution < 1.29 is 67.4 Å². The van der Waals surface area contributed by atoms with Crippen molar-refractivity contribution in [3.05, 3.63) is 83.0 Å².